The zero-order chi connectivity index (χ0) is 30.0. The standard InChI is InChI=1S/C28H34F3N7O3/c29-28(30,31)21-7-5-18(6-8-21)14-24(25(39)15-19-13-20-3-1-2-4-23(20)35-17-19)36-27(41)22(34)16-26(40)37-38(11-9-32)12-10-33/h1-8,13,17,22,24H,9-12,14-16,32-34H2,(H,36,41)(H,37,40)/t22-,24-/m0/s1. The molecule has 0 bridgehead atoms. The number of hydrogen-bond acceptors (Lipinski definition) is 8. The highest BCUT2D eigenvalue weighted by Gasteiger charge is 2.31. The molecule has 8 N–H and O–H groups in total. The van der Waals surface area contributed by atoms with E-state index in [2.05, 4.69) is 15.7 Å². The smallest absolute Gasteiger partial charge is 0.345 e. The number of aromatic nitrogens is 1. The molecule has 2 aromatic carbocycles. The maximum Gasteiger partial charge on any atom is 0.416 e. The molecule has 3 rings (SSSR count). The Balaban J connectivity index is 1.74. The largest absolute Gasteiger partial charge is 0.416 e. The van der Waals surface area contributed by atoms with Crippen LogP contribution < -0.4 is 27.9 Å². The molecular weight excluding hydrogens is 539 g/mol. The Labute approximate surface area is 235 Å². The predicted molar refractivity (Wildman–Crippen MR) is 148 cm³/mol. The quantitative estimate of drug-likeness (QED) is 0.178. The number of hydrogen-bond donors (Lipinski definition) is 5. The molecule has 13 heteroatoms. The van der Waals surface area contributed by atoms with Gasteiger partial charge in [-0.05, 0) is 41.8 Å². The second kappa shape index (κ2) is 14.6. The van der Waals surface area contributed by atoms with E-state index >= 15 is 0 Å². The molecular formula is C28H34F3N7O3. The van der Waals surface area contributed by atoms with E-state index in [4.69, 9.17) is 17.2 Å². The summed E-state index contributed by atoms with van der Waals surface area (Å²) in [7, 11) is 0. The number of pyridine rings is 1. The summed E-state index contributed by atoms with van der Waals surface area (Å²) < 4.78 is 39.0. The molecule has 41 heavy (non-hydrogen) atoms. The van der Waals surface area contributed by atoms with Crippen LogP contribution in [0.1, 0.15) is 23.1 Å². The monoisotopic (exact) mass is 573 g/mol. The van der Waals surface area contributed by atoms with Gasteiger partial charge in [0, 0.05) is 44.2 Å². The number of carbonyl (C=O) groups excluding carboxylic acids is 3. The van der Waals surface area contributed by atoms with Gasteiger partial charge in [-0.25, -0.2) is 5.01 Å². The van der Waals surface area contributed by atoms with E-state index in [0.717, 1.165) is 23.0 Å². The molecule has 0 fully saturated rings. The van der Waals surface area contributed by atoms with Crippen molar-refractivity contribution in [3.05, 3.63) is 77.5 Å². The summed E-state index contributed by atoms with van der Waals surface area (Å²) in [5, 5.41) is 4.93. The molecule has 2 atom stereocenters. The van der Waals surface area contributed by atoms with Crippen LogP contribution in [0, 0.1) is 0 Å². The molecule has 3 aromatic rings. The normalized spacial score (nSPS) is 13.1. The van der Waals surface area contributed by atoms with Gasteiger partial charge in [0.15, 0.2) is 5.78 Å². The van der Waals surface area contributed by atoms with Gasteiger partial charge in [-0.1, -0.05) is 30.3 Å². The van der Waals surface area contributed by atoms with Crippen LogP contribution in [0.4, 0.5) is 13.2 Å². The second-order valence-corrected chi connectivity index (χ2v) is 9.55. The summed E-state index contributed by atoms with van der Waals surface area (Å²) in [6.45, 7) is 1.23. The van der Waals surface area contributed by atoms with Gasteiger partial charge >= 0.3 is 6.18 Å². The third-order valence-electron chi connectivity index (χ3n) is 6.27. The fourth-order valence-electron chi connectivity index (χ4n) is 4.18. The number of nitrogens with one attached hydrogen (secondary N) is 2. The first-order valence-corrected chi connectivity index (χ1v) is 13.0. The number of ketones is 1. The molecule has 0 unspecified atom stereocenters. The van der Waals surface area contributed by atoms with Gasteiger partial charge < -0.3 is 22.5 Å². The molecule has 220 valence electrons. The maximum atomic E-state index is 13.4. The molecule has 0 aliphatic rings. The fraction of sp³-hybridized carbons (Fsp3) is 0.357. The number of rotatable bonds is 14. The summed E-state index contributed by atoms with van der Waals surface area (Å²) in [5.74, 6) is -1.70. The lowest BCUT2D eigenvalue weighted by atomic mass is 9.96. The molecule has 2 amide bonds. The van der Waals surface area contributed by atoms with Crippen molar-refractivity contribution in [2.75, 3.05) is 26.2 Å². The van der Waals surface area contributed by atoms with Gasteiger partial charge in [0.25, 0.3) is 0 Å². The van der Waals surface area contributed by atoms with E-state index in [1.165, 1.54) is 17.1 Å². The Morgan fingerprint density at radius 1 is 0.951 bits per heavy atom. The Kier molecular flexibility index (Phi) is 11.3. The number of carbonyl (C=O) groups is 3. The zero-order valence-electron chi connectivity index (χ0n) is 22.4. The topological polar surface area (TPSA) is 169 Å². The van der Waals surface area contributed by atoms with Gasteiger partial charge in [0.05, 0.1) is 29.6 Å². The van der Waals surface area contributed by atoms with E-state index in [1.807, 2.05) is 30.3 Å². The number of Topliss-reactive ketones (excluding diaryl/α,β-unsaturated/α-hetero) is 1. The number of benzene rings is 2. The Bertz CT molecular complexity index is 1330. The zero-order valence-corrected chi connectivity index (χ0v) is 22.4. The lowest BCUT2D eigenvalue weighted by molar-refractivity contribution is -0.137. The molecule has 10 nitrogen and oxygen atoms in total. The van der Waals surface area contributed by atoms with Crippen molar-refractivity contribution in [1.29, 1.82) is 0 Å². The van der Waals surface area contributed by atoms with Crippen molar-refractivity contribution < 1.29 is 27.6 Å². The van der Waals surface area contributed by atoms with E-state index in [0.29, 0.717) is 24.2 Å². The molecule has 0 saturated carbocycles. The third kappa shape index (κ3) is 9.60. The minimum atomic E-state index is -4.51. The van der Waals surface area contributed by atoms with Crippen molar-refractivity contribution in [2.45, 2.75) is 37.5 Å². The van der Waals surface area contributed by atoms with E-state index in [9.17, 15) is 27.6 Å². The summed E-state index contributed by atoms with van der Waals surface area (Å²) in [5.41, 5.74) is 20.6. The van der Waals surface area contributed by atoms with Crippen molar-refractivity contribution in [1.82, 2.24) is 20.7 Å². The summed E-state index contributed by atoms with van der Waals surface area (Å²) in [6, 6.07) is 11.1. The van der Waals surface area contributed by atoms with Crippen LogP contribution >= 0.6 is 0 Å². The minimum Gasteiger partial charge on any atom is -0.345 e. The molecule has 1 heterocycles. The van der Waals surface area contributed by atoms with Crippen LogP contribution in [0.15, 0.2) is 60.8 Å². The highest BCUT2D eigenvalue weighted by molar-refractivity contribution is 5.94. The lowest BCUT2D eigenvalue weighted by Crippen LogP contribution is -2.53. The van der Waals surface area contributed by atoms with Gasteiger partial charge in [-0.15, -0.1) is 0 Å². The van der Waals surface area contributed by atoms with Crippen molar-refractivity contribution >= 4 is 28.5 Å². The molecule has 0 aliphatic carbocycles. The number of hydrazine groups is 1. The fourth-order valence-corrected chi connectivity index (χ4v) is 4.18. The van der Waals surface area contributed by atoms with Crippen molar-refractivity contribution in [3.63, 3.8) is 0 Å². The van der Waals surface area contributed by atoms with Crippen LogP contribution in [0.3, 0.4) is 0 Å². The summed E-state index contributed by atoms with van der Waals surface area (Å²) in [6.07, 6.45) is -3.51. The number of alkyl halides is 3. The Hall–Kier alpha value is -3.91. The molecule has 0 saturated heterocycles. The molecule has 1 aromatic heterocycles. The van der Waals surface area contributed by atoms with Gasteiger partial charge in [0.1, 0.15) is 0 Å². The SMILES string of the molecule is NCCN(CCN)NC(=O)C[C@H](N)C(=O)N[C@@H](Cc1ccc(C(F)(F)F)cc1)C(=O)Cc1cnc2ccccc2c1. The van der Waals surface area contributed by atoms with Crippen LogP contribution in [0.25, 0.3) is 10.9 Å². The van der Waals surface area contributed by atoms with E-state index < -0.39 is 41.4 Å². The average Bonchev–Trinajstić information content (AvgIpc) is 2.92. The maximum absolute atomic E-state index is 13.4. The van der Waals surface area contributed by atoms with E-state index in [1.54, 1.807) is 6.20 Å². The number of amides is 2. The van der Waals surface area contributed by atoms with Crippen LogP contribution in [0.2, 0.25) is 0 Å². The average molecular weight is 574 g/mol. The van der Waals surface area contributed by atoms with Crippen molar-refractivity contribution in [3.8, 4) is 0 Å². The first-order chi connectivity index (χ1) is 19.5. The Morgan fingerprint density at radius 2 is 1.61 bits per heavy atom. The number of nitrogens with two attached hydrogens (primary N) is 3. The summed E-state index contributed by atoms with van der Waals surface area (Å²) >= 11 is 0. The lowest BCUT2D eigenvalue weighted by Gasteiger charge is -2.23. The van der Waals surface area contributed by atoms with Crippen LogP contribution in [0.5, 0.6) is 0 Å². The Morgan fingerprint density at radius 3 is 2.24 bits per heavy atom. The predicted octanol–water partition coefficient (Wildman–Crippen LogP) is 1.06. The number of halogens is 3. The second-order valence-electron chi connectivity index (χ2n) is 9.55. The number of para-hydroxylation sites is 1. The third-order valence-corrected chi connectivity index (χ3v) is 6.27. The highest BCUT2D eigenvalue weighted by atomic mass is 19.4. The number of fused-ring (bicyclic) bond motifs is 1. The van der Waals surface area contributed by atoms with Crippen molar-refractivity contribution in [2.24, 2.45) is 17.2 Å². The van der Waals surface area contributed by atoms with Gasteiger partial charge in [0.2, 0.25) is 11.8 Å². The van der Waals surface area contributed by atoms with E-state index in [-0.39, 0.29) is 32.4 Å². The molecule has 0 aliphatic heterocycles. The van der Waals surface area contributed by atoms with Crippen LogP contribution in [-0.4, -0.2) is 65.9 Å². The minimum absolute atomic E-state index is 0.0799. The molecule has 0 radical (unpaired) electrons. The highest BCUT2D eigenvalue weighted by Crippen LogP contribution is 2.29. The number of nitrogens with zero attached hydrogens (tertiary/aromatic N) is 2. The first-order valence-electron chi connectivity index (χ1n) is 13.0. The van der Waals surface area contributed by atoms with Gasteiger partial charge in [-0.2, -0.15) is 13.2 Å². The van der Waals surface area contributed by atoms with Gasteiger partial charge in [-0.3, -0.25) is 24.8 Å². The molecule has 0 spiro atoms. The van der Waals surface area contributed by atoms with Crippen LogP contribution in [-0.2, 0) is 33.4 Å². The first kappa shape index (κ1) is 31.6. The summed E-state index contributed by atoms with van der Waals surface area (Å²) in [4.78, 5) is 43.1.